The first-order chi connectivity index (χ1) is 13.5. The number of aryl methyl sites for hydroxylation is 2. The van der Waals surface area contributed by atoms with Crippen LogP contribution < -0.4 is 5.32 Å². The van der Waals surface area contributed by atoms with E-state index in [1.165, 1.54) is 17.5 Å². The maximum absolute atomic E-state index is 13.0. The van der Waals surface area contributed by atoms with Gasteiger partial charge in [0.1, 0.15) is 10.7 Å². The van der Waals surface area contributed by atoms with Gasteiger partial charge in [-0.2, -0.15) is 26.3 Å². The number of thiazole rings is 1. The molecule has 0 aliphatic carbocycles. The van der Waals surface area contributed by atoms with Crippen molar-refractivity contribution in [2.75, 3.05) is 5.32 Å². The molecule has 3 rings (SSSR count). The predicted octanol–water partition coefficient (Wildman–Crippen LogP) is 6.25. The molecule has 2 aromatic heterocycles. The molecule has 3 aromatic rings. The van der Waals surface area contributed by atoms with E-state index < -0.39 is 29.2 Å². The van der Waals surface area contributed by atoms with Crippen LogP contribution in [0.25, 0.3) is 10.7 Å². The van der Waals surface area contributed by atoms with Crippen LogP contribution >= 0.6 is 11.3 Å². The van der Waals surface area contributed by atoms with Crippen LogP contribution in [0.3, 0.4) is 0 Å². The molecule has 0 fully saturated rings. The zero-order valence-corrected chi connectivity index (χ0v) is 15.9. The Bertz CT molecular complexity index is 994. The average Bonchev–Trinajstić information content (AvgIpc) is 3.01. The van der Waals surface area contributed by atoms with Gasteiger partial charge in [0.2, 0.25) is 5.95 Å². The molecule has 0 spiro atoms. The molecule has 4 nitrogen and oxygen atoms in total. The fourth-order valence-corrected chi connectivity index (χ4v) is 3.53. The van der Waals surface area contributed by atoms with Gasteiger partial charge in [-0.25, -0.2) is 15.0 Å². The van der Waals surface area contributed by atoms with Gasteiger partial charge in [0.15, 0.2) is 0 Å². The first-order valence-corrected chi connectivity index (χ1v) is 9.15. The number of anilines is 2. The van der Waals surface area contributed by atoms with Crippen LogP contribution in [0.2, 0.25) is 0 Å². The first-order valence-electron chi connectivity index (χ1n) is 8.33. The fourth-order valence-electron chi connectivity index (χ4n) is 2.56. The number of alkyl halides is 6. The van der Waals surface area contributed by atoms with Crippen LogP contribution in [0.15, 0.2) is 30.5 Å². The third kappa shape index (κ3) is 4.84. The number of rotatable bonds is 4. The third-order valence-electron chi connectivity index (χ3n) is 3.93. The van der Waals surface area contributed by atoms with Crippen molar-refractivity contribution >= 4 is 23.0 Å². The van der Waals surface area contributed by atoms with Crippen molar-refractivity contribution in [3.63, 3.8) is 0 Å². The van der Waals surface area contributed by atoms with Crippen LogP contribution in [-0.2, 0) is 18.8 Å². The number of hydrogen-bond acceptors (Lipinski definition) is 5. The molecule has 0 atom stereocenters. The summed E-state index contributed by atoms with van der Waals surface area (Å²) in [6.07, 6.45) is -7.74. The Morgan fingerprint density at radius 1 is 0.966 bits per heavy atom. The second kappa shape index (κ2) is 7.62. The Hall–Kier alpha value is -2.69. The smallest absolute Gasteiger partial charge is 0.324 e. The van der Waals surface area contributed by atoms with E-state index in [1.54, 1.807) is 6.07 Å². The molecule has 154 valence electrons. The minimum atomic E-state index is -4.94. The quantitative estimate of drug-likeness (QED) is 0.495. The Morgan fingerprint density at radius 2 is 1.59 bits per heavy atom. The van der Waals surface area contributed by atoms with Crippen molar-refractivity contribution in [1.29, 1.82) is 0 Å². The summed E-state index contributed by atoms with van der Waals surface area (Å²) in [5.41, 5.74) is -2.01. The number of aromatic nitrogens is 3. The number of nitrogens with zero attached hydrogens (tertiary/aromatic N) is 3. The van der Waals surface area contributed by atoms with Crippen molar-refractivity contribution in [1.82, 2.24) is 15.0 Å². The van der Waals surface area contributed by atoms with Gasteiger partial charge in [0.05, 0.1) is 16.8 Å². The molecule has 0 amide bonds. The molecule has 11 heteroatoms. The van der Waals surface area contributed by atoms with Crippen molar-refractivity contribution in [3.8, 4) is 10.7 Å². The molecule has 0 aliphatic rings. The van der Waals surface area contributed by atoms with Gasteiger partial charge in [-0.1, -0.05) is 6.92 Å². The van der Waals surface area contributed by atoms with Crippen LogP contribution in [0.5, 0.6) is 0 Å². The lowest BCUT2D eigenvalue weighted by molar-refractivity contribution is -0.143. The molecule has 0 saturated carbocycles. The zero-order valence-electron chi connectivity index (χ0n) is 15.1. The number of hydrogen-bond donors (Lipinski definition) is 1. The predicted molar refractivity (Wildman–Crippen MR) is 97.0 cm³/mol. The molecular weight excluding hydrogens is 418 g/mol. The highest BCUT2D eigenvalue weighted by Gasteiger charge is 2.37. The number of benzene rings is 1. The van der Waals surface area contributed by atoms with E-state index >= 15 is 0 Å². The van der Waals surface area contributed by atoms with Crippen LogP contribution in [0, 0.1) is 6.92 Å². The van der Waals surface area contributed by atoms with E-state index in [0.29, 0.717) is 22.8 Å². The summed E-state index contributed by atoms with van der Waals surface area (Å²) >= 11 is 1.41. The summed E-state index contributed by atoms with van der Waals surface area (Å²) in [5, 5.41) is 3.02. The van der Waals surface area contributed by atoms with E-state index in [1.807, 2.05) is 13.8 Å². The Labute approximate surface area is 165 Å². The minimum absolute atomic E-state index is 0.0626. The second-order valence-corrected chi connectivity index (χ2v) is 7.15. The molecular formula is C18H14F6N4S. The van der Waals surface area contributed by atoms with Crippen molar-refractivity contribution in [2.45, 2.75) is 32.6 Å². The Balaban J connectivity index is 1.97. The lowest BCUT2D eigenvalue weighted by Crippen LogP contribution is -2.12. The standard InChI is InChI=1S/C18H14F6N4S/c1-3-14-9(2)26-15(29-14)13-4-5-25-16(28-13)27-12-7-10(17(19,20)21)6-11(8-12)18(22,23)24/h4-8H,3H2,1-2H3,(H,25,27,28). The summed E-state index contributed by atoms with van der Waals surface area (Å²) in [7, 11) is 0. The van der Waals surface area contributed by atoms with Gasteiger partial charge < -0.3 is 5.32 Å². The molecule has 2 heterocycles. The summed E-state index contributed by atoms with van der Waals surface area (Å²) in [6, 6.07) is 2.78. The average molecular weight is 432 g/mol. The van der Waals surface area contributed by atoms with Gasteiger partial charge >= 0.3 is 12.4 Å². The number of nitrogens with one attached hydrogen (secondary N) is 1. The van der Waals surface area contributed by atoms with Gasteiger partial charge in [0, 0.05) is 16.8 Å². The molecule has 1 N–H and O–H groups in total. The molecule has 0 unspecified atom stereocenters. The summed E-state index contributed by atoms with van der Waals surface area (Å²) < 4.78 is 78.0. The van der Waals surface area contributed by atoms with Gasteiger partial charge in [-0.15, -0.1) is 11.3 Å². The third-order valence-corrected chi connectivity index (χ3v) is 5.26. The largest absolute Gasteiger partial charge is 0.416 e. The van der Waals surface area contributed by atoms with E-state index in [-0.39, 0.29) is 12.0 Å². The SMILES string of the molecule is CCc1sc(-c2ccnc(Nc3cc(C(F)(F)F)cc(C(F)(F)F)c3)n2)nc1C. The highest BCUT2D eigenvalue weighted by atomic mass is 32.1. The van der Waals surface area contributed by atoms with E-state index in [9.17, 15) is 26.3 Å². The topological polar surface area (TPSA) is 50.7 Å². The lowest BCUT2D eigenvalue weighted by Gasteiger charge is -2.14. The van der Waals surface area contributed by atoms with Crippen LogP contribution in [0.4, 0.5) is 38.0 Å². The zero-order chi connectivity index (χ0) is 21.4. The van der Waals surface area contributed by atoms with Gasteiger partial charge in [-0.05, 0) is 37.6 Å². The minimum Gasteiger partial charge on any atom is -0.324 e. The summed E-state index contributed by atoms with van der Waals surface area (Å²) in [4.78, 5) is 13.5. The lowest BCUT2D eigenvalue weighted by atomic mass is 10.1. The van der Waals surface area contributed by atoms with Crippen molar-refractivity contribution < 1.29 is 26.3 Å². The summed E-state index contributed by atoms with van der Waals surface area (Å²) in [5.74, 6) is -0.138. The van der Waals surface area contributed by atoms with Crippen molar-refractivity contribution in [2.24, 2.45) is 0 Å². The highest BCUT2D eigenvalue weighted by Crippen LogP contribution is 2.38. The molecule has 0 aliphatic heterocycles. The molecule has 0 saturated heterocycles. The maximum atomic E-state index is 13.0. The fraction of sp³-hybridized carbons (Fsp3) is 0.278. The maximum Gasteiger partial charge on any atom is 0.416 e. The number of halogens is 6. The normalized spacial score (nSPS) is 12.3. The van der Waals surface area contributed by atoms with Crippen molar-refractivity contribution in [3.05, 3.63) is 52.2 Å². The molecule has 0 radical (unpaired) electrons. The van der Waals surface area contributed by atoms with E-state index in [0.717, 1.165) is 17.0 Å². The van der Waals surface area contributed by atoms with E-state index in [2.05, 4.69) is 20.3 Å². The van der Waals surface area contributed by atoms with Gasteiger partial charge in [0.25, 0.3) is 0 Å². The van der Waals surface area contributed by atoms with Gasteiger partial charge in [-0.3, -0.25) is 0 Å². The summed E-state index contributed by atoms with van der Waals surface area (Å²) in [6.45, 7) is 3.82. The Kier molecular flexibility index (Phi) is 5.52. The van der Waals surface area contributed by atoms with Crippen LogP contribution in [0.1, 0.15) is 28.6 Å². The van der Waals surface area contributed by atoms with E-state index in [4.69, 9.17) is 0 Å². The second-order valence-electron chi connectivity index (χ2n) is 6.07. The highest BCUT2D eigenvalue weighted by molar-refractivity contribution is 7.15. The molecule has 0 bridgehead atoms. The first kappa shape index (κ1) is 21.0. The van der Waals surface area contributed by atoms with Crippen LogP contribution in [-0.4, -0.2) is 15.0 Å². The molecule has 1 aromatic carbocycles. The Morgan fingerprint density at radius 3 is 2.10 bits per heavy atom. The molecule has 29 heavy (non-hydrogen) atoms. The monoisotopic (exact) mass is 432 g/mol.